The highest BCUT2D eigenvalue weighted by molar-refractivity contribution is 6.17. The van der Waals surface area contributed by atoms with E-state index in [-0.39, 0.29) is 11.6 Å². The summed E-state index contributed by atoms with van der Waals surface area (Å²) in [5.41, 5.74) is 2.16. The van der Waals surface area contributed by atoms with Gasteiger partial charge in [-0.3, -0.25) is 0 Å². The van der Waals surface area contributed by atoms with Crippen LogP contribution in [-0.4, -0.2) is 38.6 Å². The lowest BCUT2D eigenvalue weighted by Crippen LogP contribution is -2.43. The number of methoxy groups -OCH3 is 1. The Labute approximate surface area is 149 Å². The smallest absolute Gasteiger partial charge is 0.386 e. The molecule has 3 rings (SSSR count). The second kappa shape index (κ2) is 8.03. The molecular weight excluding hydrogens is 350 g/mol. The first kappa shape index (κ1) is 19.5. The molecule has 0 fully saturated rings. The first-order valence-corrected chi connectivity index (χ1v) is 7.72. The number of fused-ring (bicyclic) bond motifs is 3. The summed E-state index contributed by atoms with van der Waals surface area (Å²) < 4.78 is 33.6. The maximum Gasteiger partial charge on any atom is 0.386 e. The Kier molecular flexibility index (Phi) is 6.01. The molecule has 2 heterocycles. The van der Waals surface area contributed by atoms with Crippen molar-refractivity contribution in [2.75, 3.05) is 19.3 Å². The monoisotopic (exact) mass is 370 g/mol. The molecule has 0 aromatic heterocycles. The molecule has 0 amide bonds. The summed E-state index contributed by atoms with van der Waals surface area (Å²) in [5.74, 6) is -0.475. The number of benzene rings is 1. The SMILES string of the molecule is CON=C(C)C(C)N1Oc2c(C)cc1cc2C(=COC(F)F)C(=O)OC. The first-order valence-electron chi connectivity index (χ1n) is 7.72. The zero-order valence-corrected chi connectivity index (χ0v) is 15.1. The van der Waals surface area contributed by atoms with E-state index in [0.717, 1.165) is 12.7 Å². The van der Waals surface area contributed by atoms with Crippen molar-refractivity contribution in [1.82, 2.24) is 0 Å². The molecule has 1 aromatic carbocycles. The van der Waals surface area contributed by atoms with Gasteiger partial charge in [0.15, 0.2) is 5.75 Å². The Morgan fingerprint density at radius 1 is 1.35 bits per heavy atom. The van der Waals surface area contributed by atoms with Crippen LogP contribution in [0.5, 0.6) is 5.75 Å². The van der Waals surface area contributed by atoms with Crippen LogP contribution >= 0.6 is 0 Å². The number of rotatable bonds is 7. The number of hydrogen-bond donors (Lipinski definition) is 0. The molecule has 0 saturated heterocycles. The third-order valence-electron chi connectivity index (χ3n) is 3.88. The molecule has 0 saturated carbocycles. The average molecular weight is 370 g/mol. The van der Waals surface area contributed by atoms with Crippen molar-refractivity contribution in [3.8, 4) is 5.75 Å². The highest BCUT2D eigenvalue weighted by Crippen LogP contribution is 2.41. The summed E-state index contributed by atoms with van der Waals surface area (Å²) in [6, 6.07) is 3.23. The van der Waals surface area contributed by atoms with Crippen molar-refractivity contribution in [2.24, 2.45) is 5.16 Å². The van der Waals surface area contributed by atoms with E-state index in [1.165, 1.54) is 7.11 Å². The standard InChI is InChI=1S/C17H20F2N2O5/c1-9-6-12-7-13(14(16(22)23-4)8-25-17(18)19)15(9)26-21(12)11(3)10(2)20-24-5/h6-8,11,17H,1-5H3. The van der Waals surface area contributed by atoms with Gasteiger partial charge in [0.25, 0.3) is 0 Å². The van der Waals surface area contributed by atoms with E-state index in [9.17, 15) is 13.6 Å². The van der Waals surface area contributed by atoms with Crippen LogP contribution in [-0.2, 0) is 19.1 Å². The molecule has 142 valence electrons. The quantitative estimate of drug-likeness (QED) is 0.241. The number of esters is 1. The molecule has 1 aromatic rings. The number of anilines is 1. The van der Waals surface area contributed by atoms with Crippen LogP contribution in [0.1, 0.15) is 25.0 Å². The number of nitrogens with zero attached hydrogens (tertiary/aromatic N) is 2. The minimum atomic E-state index is -3.06. The summed E-state index contributed by atoms with van der Waals surface area (Å²) >= 11 is 0. The highest BCUT2D eigenvalue weighted by atomic mass is 19.3. The number of halogens is 2. The van der Waals surface area contributed by atoms with E-state index in [0.29, 0.717) is 29.0 Å². The molecule has 0 spiro atoms. The predicted molar refractivity (Wildman–Crippen MR) is 90.9 cm³/mol. The van der Waals surface area contributed by atoms with Crippen LogP contribution < -0.4 is 9.90 Å². The van der Waals surface area contributed by atoms with Gasteiger partial charge in [-0.15, -0.1) is 0 Å². The van der Waals surface area contributed by atoms with Crippen LogP contribution in [0.2, 0.25) is 0 Å². The van der Waals surface area contributed by atoms with Crippen molar-refractivity contribution in [3.63, 3.8) is 0 Å². The maximum absolute atomic E-state index is 12.4. The van der Waals surface area contributed by atoms with Crippen LogP contribution in [0.3, 0.4) is 0 Å². The number of carbonyl (C=O) groups excluding carboxylic acids is 1. The molecule has 0 N–H and O–H groups in total. The molecule has 7 nitrogen and oxygen atoms in total. The van der Waals surface area contributed by atoms with Crippen LogP contribution in [0, 0.1) is 6.92 Å². The number of aryl methyl sites for hydroxylation is 1. The summed E-state index contributed by atoms with van der Waals surface area (Å²) in [6.07, 6.45) is 0.679. The second-order valence-electron chi connectivity index (χ2n) is 5.57. The highest BCUT2D eigenvalue weighted by Gasteiger charge is 2.31. The molecule has 1 atom stereocenters. The molecular formula is C17H20F2N2O5. The number of ether oxygens (including phenoxy) is 2. The lowest BCUT2D eigenvalue weighted by molar-refractivity contribution is -0.134. The van der Waals surface area contributed by atoms with Crippen molar-refractivity contribution in [3.05, 3.63) is 29.5 Å². The van der Waals surface area contributed by atoms with E-state index in [2.05, 4.69) is 14.6 Å². The Hall–Kier alpha value is -2.84. The normalized spacial score (nSPS) is 15.0. The molecule has 2 aliphatic heterocycles. The van der Waals surface area contributed by atoms with Gasteiger partial charge in [-0.25, -0.2) is 9.86 Å². The Balaban J connectivity index is 2.46. The maximum atomic E-state index is 12.4. The molecule has 2 bridgehead atoms. The number of hydrogen-bond acceptors (Lipinski definition) is 7. The Morgan fingerprint density at radius 2 is 2.04 bits per heavy atom. The number of alkyl halides is 2. The van der Waals surface area contributed by atoms with E-state index >= 15 is 0 Å². The fourth-order valence-electron chi connectivity index (χ4n) is 2.50. The molecule has 2 aliphatic rings. The summed E-state index contributed by atoms with van der Waals surface area (Å²) in [7, 11) is 2.60. The fourth-order valence-corrected chi connectivity index (χ4v) is 2.50. The first-order chi connectivity index (χ1) is 12.3. The van der Waals surface area contributed by atoms with Gasteiger partial charge in [-0.1, -0.05) is 5.16 Å². The van der Waals surface area contributed by atoms with Crippen LogP contribution in [0.25, 0.3) is 5.57 Å². The van der Waals surface area contributed by atoms with Gasteiger partial charge in [0.1, 0.15) is 25.0 Å². The third kappa shape index (κ3) is 3.87. The van der Waals surface area contributed by atoms with Crippen molar-refractivity contribution in [2.45, 2.75) is 33.4 Å². The molecule has 0 radical (unpaired) electrons. The second-order valence-corrected chi connectivity index (χ2v) is 5.57. The summed E-state index contributed by atoms with van der Waals surface area (Å²) in [5, 5.41) is 5.48. The van der Waals surface area contributed by atoms with Gasteiger partial charge < -0.3 is 19.1 Å². The van der Waals surface area contributed by atoms with Gasteiger partial charge in [0, 0.05) is 5.56 Å². The number of oxime groups is 1. The molecule has 1 unspecified atom stereocenters. The zero-order chi connectivity index (χ0) is 19.4. The number of hydroxylamine groups is 1. The minimum Gasteiger partial charge on any atom is -0.465 e. The largest absolute Gasteiger partial charge is 0.465 e. The average Bonchev–Trinajstić information content (AvgIpc) is 2.60. The molecule has 9 heteroatoms. The summed E-state index contributed by atoms with van der Waals surface area (Å²) in [4.78, 5) is 22.7. The predicted octanol–water partition coefficient (Wildman–Crippen LogP) is 3.27. The van der Waals surface area contributed by atoms with Crippen LogP contribution in [0.4, 0.5) is 14.5 Å². The van der Waals surface area contributed by atoms with E-state index in [4.69, 9.17) is 9.68 Å². The molecule has 26 heavy (non-hydrogen) atoms. The third-order valence-corrected chi connectivity index (χ3v) is 3.88. The molecule has 0 aliphatic carbocycles. The summed E-state index contributed by atoms with van der Waals surface area (Å²) in [6.45, 7) is 2.36. The van der Waals surface area contributed by atoms with Crippen molar-refractivity contribution in [1.29, 1.82) is 0 Å². The lowest BCUT2D eigenvalue weighted by Gasteiger charge is -2.36. The van der Waals surface area contributed by atoms with Gasteiger partial charge in [-0.2, -0.15) is 8.78 Å². The fraction of sp³-hybridized carbons (Fsp3) is 0.412. The Morgan fingerprint density at radius 3 is 2.58 bits per heavy atom. The van der Waals surface area contributed by atoms with E-state index in [1.807, 2.05) is 13.0 Å². The Bertz CT molecular complexity index is 749. The van der Waals surface area contributed by atoms with Gasteiger partial charge in [0.2, 0.25) is 0 Å². The lowest BCUT2D eigenvalue weighted by atomic mass is 9.99. The zero-order valence-electron chi connectivity index (χ0n) is 15.1. The van der Waals surface area contributed by atoms with Crippen LogP contribution in [0.15, 0.2) is 23.6 Å². The minimum absolute atomic E-state index is 0.165. The topological polar surface area (TPSA) is 69.6 Å². The van der Waals surface area contributed by atoms with Gasteiger partial charge in [-0.05, 0) is 38.5 Å². The van der Waals surface area contributed by atoms with Crippen molar-refractivity contribution >= 4 is 22.9 Å². The van der Waals surface area contributed by atoms with Gasteiger partial charge in [0.05, 0.1) is 18.5 Å². The van der Waals surface area contributed by atoms with E-state index < -0.39 is 12.6 Å². The van der Waals surface area contributed by atoms with Crippen molar-refractivity contribution < 1.29 is 32.7 Å². The van der Waals surface area contributed by atoms with Gasteiger partial charge >= 0.3 is 12.6 Å². The number of carbonyl (C=O) groups is 1. The van der Waals surface area contributed by atoms with E-state index in [1.54, 1.807) is 25.0 Å².